The zero-order chi connectivity index (χ0) is 15.2. The van der Waals surface area contributed by atoms with Gasteiger partial charge in [0.15, 0.2) is 0 Å². The zero-order valence-electron chi connectivity index (χ0n) is 12.5. The van der Waals surface area contributed by atoms with Crippen molar-refractivity contribution in [3.8, 4) is 0 Å². The standard InChI is InChI=1S/C18H19ClN2/c1-4-18(15-7-9-16(19)10-8-15)21-14(3)20-17-11-5-13(2)6-12-17/h4-12H,1-3H3,(H,20,21)/b18-4-. The first-order valence-electron chi connectivity index (χ1n) is 6.89. The highest BCUT2D eigenvalue weighted by atomic mass is 35.5. The van der Waals surface area contributed by atoms with Gasteiger partial charge < -0.3 is 5.32 Å². The van der Waals surface area contributed by atoms with E-state index in [4.69, 9.17) is 11.6 Å². The molecule has 0 aliphatic carbocycles. The summed E-state index contributed by atoms with van der Waals surface area (Å²) in [6.45, 7) is 6.01. The van der Waals surface area contributed by atoms with Crippen LogP contribution in [0.1, 0.15) is 25.0 Å². The van der Waals surface area contributed by atoms with Crippen molar-refractivity contribution >= 4 is 28.8 Å². The van der Waals surface area contributed by atoms with E-state index in [-0.39, 0.29) is 0 Å². The molecule has 2 aromatic rings. The summed E-state index contributed by atoms with van der Waals surface area (Å²) in [4.78, 5) is 4.64. The van der Waals surface area contributed by atoms with Gasteiger partial charge in [-0.2, -0.15) is 0 Å². The average Bonchev–Trinajstić information content (AvgIpc) is 2.48. The SMILES string of the molecule is C/C=C(\N=C(C)Nc1ccc(C)cc1)c1ccc(Cl)cc1. The van der Waals surface area contributed by atoms with Crippen molar-refractivity contribution in [2.75, 3.05) is 5.32 Å². The Morgan fingerprint density at radius 3 is 2.24 bits per heavy atom. The predicted molar refractivity (Wildman–Crippen MR) is 93.0 cm³/mol. The molecule has 108 valence electrons. The number of hydrogen-bond donors (Lipinski definition) is 1. The molecule has 0 aliphatic heterocycles. The maximum Gasteiger partial charge on any atom is 0.103 e. The lowest BCUT2D eigenvalue weighted by atomic mass is 10.1. The molecule has 0 atom stereocenters. The fourth-order valence-electron chi connectivity index (χ4n) is 1.97. The second-order valence-electron chi connectivity index (χ2n) is 4.87. The van der Waals surface area contributed by atoms with E-state index in [1.54, 1.807) is 0 Å². The number of nitrogens with one attached hydrogen (secondary N) is 1. The molecule has 21 heavy (non-hydrogen) atoms. The van der Waals surface area contributed by atoms with Gasteiger partial charge >= 0.3 is 0 Å². The quantitative estimate of drug-likeness (QED) is 0.584. The van der Waals surface area contributed by atoms with Gasteiger partial charge in [-0.05, 0) is 50.6 Å². The minimum absolute atomic E-state index is 0.729. The van der Waals surface area contributed by atoms with Crippen LogP contribution in [0.15, 0.2) is 59.6 Å². The number of allylic oxidation sites excluding steroid dienone is 1. The van der Waals surface area contributed by atoms with Crippen molar-refractivity contribution < 1.29 is 0 Å². The summed E-state index contributed by atoms with van der Waals surface area (Å²) >= 11 is 5.92. The molecule has 0 saturated heterocycles. The van der Waals surface area contributed by atoms with E-state index >= 15 is 0 Å². The molecule has 0 fully saturated rings. The normalized spacial score (nSPS) is 12.4. The topological polar surface area (TPSA) is 24.4 Å². The van der Waals surface area contributed by atoms with Gasteiger partial charge in [0.1, 0.15) is 5.84 Å². The molecule has 0 saturated carbocycles. The molecule has 0 radical (unpaired) electrons. The highest BCUT2D eigenvalue weighted by Gasteiger charge is 2.01. The Hall–Kier alpha value is -2.06. The number of rotatable bonds is 3. The van der Waals surface area contributed by atoms with Crippen molar-refractivity contribution in [2.24, 2.45) is 4.99 Å². The van der Waals surface area contributed by atoms with Crippen molar-refractivity contribution in [1.82, 2.24) is 0 Å². The summed E-state index contributed by atoms with van der Waals surface area (Å²) in [5.41, 5.74) is 4.24. The van der Waals surface area contributed by atoms with Gasteiger partial charge in [0, 0.05) is 10.7 Å². The Morgan fingerprint density at radius 2 is 1.67 bits per heavy atom. The van der Waals surface area contributed by atoms with Crippen LogP contribution in [0.4, 0.5) is 5.69 Å². The second kappa shape index (κ2) is 7.09. The smallest absolute Gasteiger partial charge is 0.103 e. The van der Waals surface area contributed by atoms with Crippen molar-refractivity contribution in [3.05, 3.63) is 70.8 Å². The van der Waals surface area contributed by atoms with Crippen LogP contribution >= 0.6 is 11.6 Å². The Labute approximate surface area is 131 Å². The number of hydrogen-bond acceptors (Lipinski definition) is 1. The number of aliphatic imine (C=N–C) groups is 1. The van der Waals surface area contributed by atoms with Crippen molar-refractivity contribution in [1.29, 1.82) is 0 Å². The summed E-state index contributed by atoms with van der Waals surface area (Å²) in [5.74, 6) is 0.849. The largest absolute Gasteiger partial charge is 0.344 e. The molecule has 0 aliphatic rings. The van der Waals surface area contributed by atoms with E-state index in [9.17, 15) is 0 Å². The number of benzene rings is 2. The lowest BCUT2D eigenvalue weighted by molar-refractivity contribution is 1.43. The molecule has 0 amide bonds. The third-order valence-electron chi connectivity index (χ3n) is 3.08. The van der Waals surface area contributed by atoms with Crippen molar-refractivity contribution in [2.45, 2.75) is 20.8 Å². The Bertz CT molecular complexity index is 653. The molecule has 0 aromatic heterocycles. The van der Waals surface area contributed by atoms with Crippen LogP contribution in [0.25, 0.3) is 5.70 Å². The van der Waals surface area contributed by atoms with Gasteiger partial charge in [-0.1, -0.05) is 47.5 Å². The molecule has 0 heterocycles. The van der Waals surface area contributed by atoms with Crippen LogP contribution in [0, 0.1) is 6.92 Å². The van der Waals surface area contributed by atoms with Gasteiger partial charge in [-0.25, -0.2) is 4.99 Å². The highest BCUT2D eigenvalue weighted by molar-refractivity contribution is 6.30. The van der Waals surface area contributed by atoms with Crippen LogP contribution in [0.2, 0.25) is 5.02 Å². The van der Waals surface area contributed by atoms with Crippen LogP contribution in [0.3, 0.4) is 0 Å². The van der Waals surface area contributed by atoms with Crippen LogP contribution in [0.5, 0.6) is 0 Å². The summed E-state index contributed by atoms with van der Waals surface area (Å²) < 4.78 is 0. The number of anilines is 1. The summed E-state index contributed by atoms with van der Waals surface area (Å²) in [6, 6.07) is 15.9. The molecule has 0 unspecified atom stereocenters. The van der Waals surface area contributed by atoms with Gasteiger partial charge in [-0.15, -0.1) is 0 Å². The monoisotopic (exact) mass is 298 g/mol. The number of aryl methyl sites for hydroxylation is 1. The highest BCUT2D eigenvalue weighted by Crippen LogP contribution is 2.19. The molecule has 1 N–H and O–H groups in total. The molecule has 2 aromatic carbocycles. The van der Waals surface area contributed by atoms with E-state index in [2.05, 4.69) is 29.4 Å². The van der Waals surface area contributed by atoms with Gasteiger partial charge in [0.05, 0.1) is 5.70 Å². The average molecular weight is 299 g/mol. The predicted octanol–water partition coefficient (Wildman–Crippen LogP) is 5.54. The third-order valence-corrected chi connectivity index (χ3v) is 3.33. The molecule has 0 bridgehead atoms. The minimum atomic E-state index is 0.729. The third kappa shape index (κ3) is 4.47. The number of nitrogens with zero attached hydrogens (tertiary/aromatic N) is 1. The fraction of sp³-hybridized carbons (Fsp3) is 0.167. The molecule has 2 rings (SSSR count). The van der Waals surface area contributed by atoms with E-state index in [1.807, 2.05) is 56.3 Å². The first kappa shape index (κ1) is 15.3. The van der Waals surface area contributed by atoms with E-state index in [0.29, 0.717) is 0 Å². The summed E-state index contributed by atoms with van der Waals surface area (Å²) in [7, 11) is 0. The lowest BCUT2D eigenvalue weighted by Gasteiger charge is -2.08. The number of amidine groups is 1. The Morgan fingerprint density at radius 1 is 1.05 bits per heavy atom. The zero-order valence-corrected chi connectivity index (χ0v) is 13.3. The maximum atomic E-state index is 5.92. The van der Waals surface area contributed by atoms with Gasteiger partial charge in [-0.3, -0.25) is 0 Å². The first-order chi connectivity index (χ1) is 10.1. The molecular formula is C18H19ClN2. The van der Waals surface area contributed by atoms with E-state index in [1.165, 1.54) is 5.56 Å². The number of halogens is 1. The Balaban J connectivity index is 2.16. The Kier molecular flexibility index (Phi) is 5.18. The first-order valence-corrected chi connectivity index (χ1v) is 7.27. The van der Waals surface area contributed by atoms with Gasteiger partial charge in [0.2, 0.25) is 0 Å². The molecule has 3 heteroatoms. The maximum absolute atomic E-state index is 5.92. The summed E-state index contributed by atoms with van der Waals surface area (Å²) in [6.07, 6.45) is 1.99. The van der Waals surface area contributed by atoms with Crippen LogP contribution in [-0.4, -0.2) is 5.84 Å². The fourth-order valence-corrected chi connectivity index (χ4v) is 2.10. The lowest BCUT2D eigenvalue weighted by Crippen LogP contribution is -2.07. The van der Waals surface area contributed by atoms with Gasteiger partial charge in [0.25, 0.3) is 0 Å². The van der Waals surface area contributed by atoms with E-state index < -0.39 is 0 Å². The van der Waals surface area contributed by atoms with Crippen LogP contribution < -0.4 is 5.32 Å². The van der Waals surface area contributed by atoms with Crippen molar-refractivity contribution in [3.63, 3.8) is 0 Å². The van der Waals surface area contributed by atoms with E-state index in [0.717, 1.165) is 27.8 Å². The molecule has 2 nitrogen and oxygen atoms in total. The second-order valence-corrected chi connectivity index (χ2v) is 5.31. The van der Waals surface area contributed by atoms with Crippen LogP contribution in [-0.2, 0) is 0 Å². The molecular weight excluding hydrogens is 280 g/mol. The summed E-state index contributed by atoms with van der Waals surface area (Å²) in [5, 5.41) is 4.03. The molecule has 0 spiro atoms. The minimum Gasteiger partial charge on any atom is -0.344 e.